The highest BCUT2D eigenvalue weighted by molar-refractivity contribution is 14.1. The minimum atomic E-state index is -0.757. The summed E-state index contributed by atoms with van der Waals surface area (Å²) in [6, 6.07) is 5.42. The molecule has 0 aromatic heterocycles. The number of Topliss-reactive ketones (excluding diaryl/α,β-unsaturated/α-hetero) is 1. The monoisotopic (exact) mass is 478 g/mol. The van der Waals surface area contributed by atoms with Gasteiger partial charge in [0.1, 0.15) is 0 Å². The second-order valence-electron chi connectivity index (χ2n) is 7.62. The van der Waals surface area contributed by atoms with E-state index in [1.807, 2.05) is 32.1 Å². The molecule has 0 saturated carbocycles. The normalized spacial score (nSPS) is 15.6. The largest absolute Gasteiger partial charge is 0.493 e. The zero-order valence-corrected chi connectivity index (χ0v) is 18.6. The third kappa shape index (κ3) is 3.06. The smallest absolute Gasteiger partial charge is 0.186 e. The van der Waals surface area contributed by atoms with Gasteiger partial charge in [0.05, 0.1) is 23.2 Å². The Bertz CT molecular complexity index is 1050. The Kier molecular flexibility index (Phi) is 5.10. The van der Waals surface area contributed by atoms with E-state index in [9.17, 15) is 9.59 Å². The van der Waals surface area contributed by atoms with E-state index in [0.29, 0.717) is 25.9 Å². The van der Waals surface area contributed by atoms with Crippen LogP contribution in [0.3, 0.4) is 0 Å². The lowest BCUT2D eigenvalue weighted by atomic mass is 9.76. The molecule has 3 rings (SSSR count). The van der Waals surface area contributed by atoms with Crippen molar-refractivity contribution in [1.82, 2.24) is 0 Å². The molecule has 5 heteroatoms. The fourth-order valence-corrected chi connectivity index (χ4v) is 4.68. The summed E-state index contributed by atoms with van der Waals surface area (Å²) in [5.74, 6) is 1.38. The predicted molar refractivity (Wildman–Crippen MR) is 117 cm³/mol. The Hall–Kier alpha value is -1.89. The third-order valence-corrected chi connectivity index (χ3v) is 6.03. The molecule has 142 valence electrons. The number of hydrogen-bond donors (Lipinski definition) is 0. The maximum atomic E-state index is 13.1. The molecular weight excluding hydrogens is 455 g/mol. The van der Waals surface area contributed by atoms with E-state index in [-0.39, 0.29) is 17.1 Å². The molecule has 0 bridgehead atoms. The molecule has 4 nitrogen and oxygen atoms in total. The van der Waals surface area contributed by atoms with Gasteiger partial charge in [-0.25, -0.2) is 0 Å². The van der Waals surface area contributed by atoms with Gasteiger partial charge in [-0.1, -0.05) is 13.8 Å². The van der Waals surface area contributed by atoms with Crippen molar-refractivity contribution in [2.24, 2.45) is 0 Å². The molecule has 2 aromatic carbocycles. The van der Waals surface area contributed by atoms with Gasteiger partial charge in [-0.15, -0.1) is 0 Å². The first-order valence-corrected chi connectivity index (χ1v) is 9.90. The molecule has 0 heterocycles. The van der Waals surface area contributed by atoms with Gasteiger partial charge in [0.15, 0.2) is 22.7 Å². The van der Waals surface area contributed by atoms with Gasteiger partial charge >= 0.3 is 0 Å². The zero-order chi connectivity index (χ0) is 20.1. The average Bonchev–Trinajstić information content (AvgIpc) is 2.75. The van der Waals surface area contributed by atoms with E-state index in [0.717, 1.165) is 16.7 Å². The standard InChI is InChI=1S/C22H23IO4/c1-11(2)13-9-14-15(20(27-6)19(13)26-5)7-12-8-17(23)21(25)22(3,4)16(12)10-18(14)24/h7-11H,1-6H3. The molecule has 0 spiro atoms. The number of benzene rings is 1. The predicted octanol–water partition coefficient (Wildman–Crippen LogP) is 4.98. The molecule has 1 aliphatic rings. The van der Waals surface area contributed by atoms with E-state index in [4.69, 9.17) is 9.47 Å². The highest BCUT2D eigenvalue weighted by Gasteiger charge is 2.36. The van der Waals surface area contributed by atoms with E-state index in [1.165, 1.54) is 0 Å². The Balaban J connectivity index is 2.56. The molecule has 0 radical (unpaired) electrons. The first-order chi connectivity index (χ1) is 12.6. The molecule has 0 N–H and O–H groups in total. The topological polar surface area (TPSA) is 52.6 Å². The Labute approximate surface area is 172 Å². The van der Waals surface area contributed by atoms with Crippen molar-refractivity contribution in [2.75, 3.05) is 14.2 Å². The van der Waals surface area contributed by atoms with Crippen molar-refractivity contribution in [2.45, 2.75) is 39.0 Å². The van der Waals surface area contributed by atoms with E-state index in [1.54, 1.807) is 20.3 Å². The third-order valence-electron chi connectivity index (χ3n) is 5.23. The summed E-state index contributed by atoms with van der Waals surface area (Å²) in [6.07, 6.45) is 1.84. The Morgan fingerprint density at radius 3 is 2.15 bits per heavy atom. The minimum Gasteiger partial charge on any atom is -0.493 e. The summed E-state index contributed by atoms with van der Waals surface area (Å²) in [6.45, 7) is 7.82. The zero-order valence-electron chi connectivity index (χ0n) is 16.4. The second-order valence-corrected chi connectivity index (χ2v) is 8.78. The molecule has 27 heavy (non-hydrogen) atoms. The minimum absolute atomic E-state index is 0.0256. The van der Waals surface area contributed by atoms with Crippen LogP contribution in [0, 0.1) is 0 Å². The van der Waals surface area contributed by atoms with Crippen LogP contribution in [0.25, 0.3) is 16.8 Å². The van der Waals surface area contributed by atoms with Crippen molar-refractivity contribution in [3.63, 3.8) is 0 Å². The summed E-state index contributed by atoms with van der Waals surface area (Å²) in [4.78, 5) is 25.8. The molecule has 0 saturated heterocycles. The van der Waals surface area contributed by atoms with Crippen LogP contribution in [0.1, 0.15) is 50.3 Å². The van der Waals surface area contributed by atoms with Crippen LogP contribution in [-0.2, 0) is 10.2 Å². The first kappa shape index (κ1) is 19.9. The number of rotatable bonds is 3. The summed E-state index contributed by atoms with van der Waals surface area (Å²) in [5.41, 5.74) is 1.63. The van der Waals surface area contributed by atoms with Crippen LogP contribution in [0.15, 0.2) is 26.6 Å². The van der Waals surface area contributed by atoms with Crippen molar-refractivity contribution in [3.8, 4) is 11.5 Å². The van der Waals surface area contributed by atoms with Crippen molar-refractivity contribution in [1.29, 1.82) is 0 Å². The van der Waals surface area contributed by atoms with E-state index in [2.05, 4.69) is 36.4 Å². The van der Waals surface area contributed by atoms with Gasteiger partial charge in [-0.2, -0.15) is 0 Å². The van der Waals surface area contributed by atoms with E-state index >= 15 is 0 Å². The molecule has 1 aliphatic carbocycles. The van der Waals surface area contributed by atoms with Crippen LogP contribution in [0.2, 0.25) is 0 Å². The number of fused-ring (bicyclic) bond motifs is 2. The lowest BCUT2D eigenvalue weighted by molar-refractivity contribution is -0.119. The summed E-state index contributed by atoms with van der Waals surface area (Å²) >= 11 is 2.06. The number of ether oxygens (including phenoxy) is 2. The highest BCUT2D eigenvalue weighted by Crippen LogP contribution is 2.43. The molecule has 0 unspecified atom stereocenters. The quantitative estimate of drug-likeness (QED) is 0.585. The van der Waals surface area contributed by atoms with E-state index < -0.39 is 5.41 Å². The number of hydrogen-bond acceptors (Lipinski definition) is 4. The maximum absolute atomic E-state index is 13.1. The molecule has 0 aliphatic heterocycles. The molecule has 0 atom stereocenters. The fourth-order valence-electron chi connectivity index (χ4n) is 3.67. The SMILES string of the molecule is COc1c(C(C)C)cc2c(=O)cc3c(cc2c1OC)C=C(I)C(=O)C3(C)C. The summed E-state index contributed by atoms with van der Waals surface area (Å²) < 4.78 is 12.0. The number of methoxy groups -OCH3 is 2. The number of carbonyl (C=O) groups excluding carboxylic acids is 1. The molecule has 0 fully saturated rings. The van der Waals surface area contributed by atoms with Crippen LogP contribution >= 0.6 is 22.6 Å². The molecule has 0 amide bonds. The van der Waals surface area contributed by atoms with Crippen molar-refractivity contribution >= 4 is 45.2 Å². The fraction of sp³-hybridized carbons (Fsp3) is 0.364. The first-order valence-electron chi connectivity index (χ1n) is 8.82. The lowest BCUT2D eigenvalue weighted by Crippen LogP contribution is -2.32. The van der Waals surface area contributed by atoms with Gasteiger partial charge in [0.2, 0.25) is 0 Å². The Morgan fingerprint density at radius 1 is 0.963 bits per heavy atom. The number of halogens is 1. The Morgan fingerprint density at radius 2 is 1.59 bits per heavy atom. The lowest BCUT2D eigenvalue weighted by Gasteiger charge is -2.28. The van der Waals surface area contributed by atoms with Crippen molar-refractivity contribution < 1.29 is 14.3 Å². The van der Waals surface area contributed by atoms with Crippen LogP contribution in [-0.4, -0.2) is 20.0 Å². The van der Waals surface area contributed by atoms with Crippen LogP contribution < -0.4 is 14.9 Å². The van der Waals surface area contributed by atoms with Crippen LogP contribution in [0.5, 0.6) is 11.5 Å². The van der Waals surface area contributed by atoms with Gasteiger partial charge in [-0.3, -0.25) is 9.59 Å². The molecule has 2 aromatic rings. The van der Waals surface area contributed by atoms with Gasteiger partial charge < -0.3 is 9.47 Å². The highest BCUT2D eigenvalue weighted by atomic mass is 127. The van der Waals surface area contributed by atoms with Crippen molar-refractivity contribution in [3.05, 3.63) is 48.7 Å². The average molecular weight is 478 g/mol. The number of allylic oxidation sites excluding steroid dienone is 1. The molecular formula is C22H23IO4. The summed E-state index contributed by atoms with van der Waals surface area (Å²) in [7, 11) is 3.19. The van der Waals surface area contributed by atoms with Gasteiger partial charge in [-0.05, 0) is 77.8 Å². The van der Waals surface area contributed by atoms with Crippen LogP contribution in [0.4, 0.5) is 0 Å². The summed E-state index contributed by atoms with van der Waals surface area (Å²) in [5, 5.41) is 1.26. The second kappa shape index (κ2) is 6.93. The number of ketones is 1. The van der Waals surface area contributed by atoms with Gasteiger partial charge in [0.25, 0.3) is 0 Å². The number of carbonyl (C=O) groups is 1. The maximum Gasteiger partial charge on any atom is 0.186 e. The van der Waals surface area contributed by atoms with Gasteiger partial charge in [0, 0.05) is 16.3 Å².